The van der Waals surface area contributed by atoms with Gasteiger partial charge in [-0.2, -0.15) is 13.2 Å². The Kier molecular flexibility index (Phi) is 3.52. The van der Waals surface area contributed by atoms with Crippen molar-refractivity contribution in [2.24, 2.45) is 0 Å². The third-order valence-corrected chi connectivity index (χ3v) is 3.69. The van der Waals surface area contributed by atoms with Gasteiger partial charge >= 0.3 is 6.18 Å². The van der Waals surface area contributed by atoms with Gasteiger partial charge in [-0.05, 0) is 29.7 Å². The van der Waals surface area contributed by atoms with Gasteiger partial charge in [0.05, 0.1) is 10.0 Å². The molecule has 0 aliphatic carbocycles. The number of nitrogens with zero attached hydrogens (tertiary/aromatic N) is 1. The lowest BCUT2D eigenvalue weighted by molar-refractivity contribution is -0.112. The van der Waals surface area contributed by atoms with Crippen molar-refractivity contribution in [1.82, 2.24) is 4.90 Å². The summed E-state index contributed by atoms with van der Waals surface area (Å²) in [6.45, 7) is 3.54. The summed E-state index contributed by atoms with van der Waals surface area (Å²) < 4.78 is 37.7. The molecule has 1 aromatic rings. The fraction of sp³-hybridized carbons (Fsp3) is 0.333. The Morgan fingerprint density at radius 3 is 2.28 bits per heavy atom. The summed E-state index contributed by atoms with van der Waals surface area (Å²) in [6.07, 6.45) is -3.89. The van der Waals surface area contributed by atoms with Crippen LogP contribution in [0.5, 0.6) is 0 Å². The maximum absolute atomic E-state index is 12.6. The normalized spacial score (nSPS) is 15.5. The highest BCUT2D eigenvalue weighted by Crippen LogP contribution is 2.34. The Morgan fingerprint density at radius 1 is 1.17 bits per heavy atom. The molecule has 0 N–H and O–H groups in total. The zero-order valence-electron chi connectivity index (χ0n) is 9.32. The van der Waals surface area contributed by atoms with E-state index in [9.17, 15) is 13.2 Å². The summed E-state index contributed by atoms with van der Waals surface area (Å²) in [5.74, 6) is 0. The van der Waals surface area contributed by atoms with Crippen LogP contribution in [0.1, 0.15) is 11.1 Å². The summed E-state index contributed by atoms with van der Waals surface area (Å²) in [6, 6.07) is 3.34. The van der Waals surface area contributed by atoms with Crippen molar-refractivity contribution >= 4 is 23.2 Å². The highest BCUT2D eigenvalue weighted by atomic mass is 35.5. The molecule has 1 aliphatic heterocycles. The van der Waals surface area contributed by atoms with E-state index in [0.29, 0.717) is 16.5 Å². The number of allylic oxidation sites excluding steroid dienone is 1. The molecule has 0 atom stereocenters. The molecule has 2 rings (SSSR count). The van der Waals surface area contributed by atoms with Gasteiger partial charge in [0.2, 0.25) is 0 Å². The van der Waals surface area contributed by atoms with Crippen LogP contribution in [0, 0.1) is 0 Å². The summed E-state index contributed by atoms with van der Waals surface area (Å²) in [5.41, 5.74) is 0.885. The van der Waals surface area contributed by atoms with Crippen LogP contribution in [-0.4, -0.2) is 17.6 Å². The van der Waals surface area contributed by atoms with E-state index in [-0.39, 0.29) is 13.1 Å². The van der Waals surface area contributed by atoms with E-state index < -0.39 is 11.9 Å². The second-order valence-corrected chi connectivity index (χ2v) is 4.97. The molecule has 0 aromatic heterocycles. The molecule has 0 saturated carbocycles. The summed E-state index contributed by atoms with van der Waals surface area (Å²) >= 11 is 11.7. The zero-order chi connectivity index (χ0) is 13.5. The smallest absolute Gasteiger partial charge is 0.363 e. The van der Waals surface area contributed by atoms with Crippen molar-refractivity contribution < 1.29 is 13.2 Å². The van der Waals surface area contributed by atoms with Gasteiger partial charge in [0.15, 0.2) is 0 Å². The molecule has 6 heteroatoms. The first-order valence-electron chi connectivity index (χ1n) is 5.27. The average Bonchev–Trinajstić information content (AvgIpc) is 2.28. The van der Waals surface area contributed by atoms with Gasteiger partial charge in [-0.1, -0.05) is 29.8 Å². The third kappa shape index (κ3) is 2.59. The van der Waals surface area contributed by atoms with Crippen LogP contribution in [0.4, 0.5) is 13.2 Å². The van der Waals surface area contributed by atoms with Gasteiger partial charge in [0.25, 0.3) is 0 Å². The van der Waals surface area contributed by atoms with Crippen LogP contribution >= 0.6 is 23.2 Å². The van der Waals surface area contributed by atoms with E-state index in [1.807, 2.05) is 0 Å². The maximum Gasteiger partial charge on any atom is 0.430 e. The molecular weight excluding hydrogens is 286 g/mol. The molecule has 1 nitrogen and oxygen atoms in total. The van der Waals surface area contributed by atoms with Crippen molar-refractivity contribution in [3.8, 4) is 0 Å². The first-order chi connectivity index (χ1) is 8.29. The number of alkyl halides is 3. The Bertz CT molecular complexity index is 497. The predicted molar refractivity (Wildman–Crippen MR) is 65.8 cm³/mol. The number of hydrogen-bond donors (Lipinski definition) is 0. The molecule has 1 aliphatic rings. The Hall–Kier alpha value is -0.870. The summed E-state index contributed by atoms with van der Waals surface area (Å²) in [5, 5.41) is 0.786. The third-order valence-electron chi connectivity index (χ3n) is 2.96. The first kappa shape index (κ1) is 13.6. The average molecular weight is 296 g/mol. The van der Waals surface area contributed by atoms with Crippen molar-refractivity contribution in [3.63, 3.8) is 0 Å². The van der Waals surface area contributed by atoms with Crippen LogP contribution in [0.15, 0.2) is 24.4 Å². The minimum Gasteiger partial charge on any atom is -0.363 e. The van der Waals surface area contributed by atoms with Gasteiger partial charge < -0.3 is 4.90 Å². The lowest BCUT2D eigenvalue weighted by Gasteiger charge is -2.33. The second-order valence-electron chi connectivity index (χ2n) is 4.15. The fourth-order valence-corrected chi connectivity index (χ4v) is 2.33. The van der Waals surface area contributed by atoms with E-state index in [4.69, 9.17) is 23.2 Å². The van der Waals surface area contributed by atoms with Crippen molar-refractivity contribution in [2.75, 3.05) is 6.54 Å². The molecule has 0 amide bonds. The number of benzene rings is 1. The molecule has 0 saturated heterocycles. The van der Waals surface area contributed by atoms with Gasteiger partial charge in [0.1, 0.15) is 5.70 Å². The Balaban J connectivity index is 2.25. The van der Waals surface area contributed by atoms with Crippen LogP contribution in [-0.2, 0) is 13.0 Å². The lowest BCUT2D eigenvalue weighted by atomic mass is 9.99. The van der Waals surface area contributed by atoms with Gasteiger partial charge in [-0.15, -0.1) is 0 Å². The highest BCUT2D eigenvalue weighted by Gasteiger charge is 2.36. The van der Waals surface area contributed by atoms with Gasteiger partial charge in [-0.3, -0.25) is 0 Å². The molecule has 0 radical (unpaired) electrons. The first-order valence-corrected chi connectivity index (χ1v) is 6.02. The molecule has 0 unspecified atom stereocenters. The Morgan fingerprint density at radius 2 is 1.72 bits per heavy atom. The molecule has 0 bridgehead atoms. The highest BCUT2D eigenvalue weighted by molar-refractivity contribution is 6.42. The van der Waals surface area contributed by atoms with Crippen molar-refractivity contribution in [2.45, 2.75) is 19.1 Å². The maximum atomic E-state index is 12.6. The predicted octanol–water partition coefficient (Wildman–Crippen LogP) is 4.43. The summed E-state index contributed by atoms with van der Waals surface area (Å²) in [7, 11) is 0. The molecule has 1 aromatic carbocycles. The second kappa shape index (κ2) is 4.67. The largest absolute Gasteiger partial charge is 0.430 e. The molecule has 1 heterocycles. The van der Waals surface area contributed by atoms with Crippen LogP contribution in [0.25, 0.3) is 0 Å². The van der Waals surface area contributed by atoms with E-state index in [0.717, 1.165) is 11.1 Å². The number of fused-ring (bicyclic) bond motifs is 1. The number of rotatable bonds is 1. The van der Waals surface area contributed by atoms with Crippen LogP contribution in [0.3, 0.4) is 0 Å². The number of hydrogen-bond acceptors (Lipinski definition) is 1. The lowest BCUT2D eigenvalue weighted by Crippen LogP contribution is -2.35. The van der Waals surface area contributed by atoms with E-state index in [1.54, 1.807) is 12.1 Å². The van der Waals surface area contributed by atoms with Gasteiger partial charge in [0, 0.05) is 13.1 Å². The minimum atomic E-state index is -4.40. The monoisotopic (exact) mass is 295 g/mol. The summed E-state index contributed by atoms with van der Waals surface area (Å²) in [4.78, 5) is 1.21. The zero-order valence-corrected chi connectivity index (χ0v) is 10.8. The fourth-order valence-electron chi connectivity index (χ4n) is 1.96. The molecular formula is C12H10Cl2F3N. The van der Waals surface area contributed by atoms with E-state index in [2.05, 4.69) is 6.58 Å². The topological polar surface area (TPSA) is 3.24 Å². The van der Waals surface area contributed by atoms with Crippen molar-refractivity contribution in [3.05, 3.63) is 45.6 Å². The van der Waals surface area contributed by atoms with Crippen LogP contribution in [0.2, 0.25) is 10.0 Å². The molecule has 0 spiro atoms. The minimum absolute atomic E-state index is 0.157. The van der Waals surface area contributed by atoms with Gasteiger partial charge in [-0.25, -0.2) is 0 Å². The number of halogens is 5. The SMILES string of the molecule is C=C(N1CCc2cc(Cl)c(Cl)cc2C1)C(F)(F)F. The molecule has 18 heavy (non-hydrogen) atoms. The van der Waals surface area contributed by atoms with E-state index >= 15 is 0 Å². The molecule has 0 fully saturated rings. The standard InChI is InChI=1S/C12H10Cl2F3N/c1-7(12(15,16)17)18-3-2-8-4-10(13)11(14)5-9(8)6-18/h4-5H,1-3,6H2. The van der Waals surface area contributed by atoms with E-state index in [1.165, 1.54) is 4.90 Å². The Labute approximate surface area is 113 Å². The quantitative estimate of drug-likeness (QED) is 0.741. The van der Waals surface area contributed by atoms with Crippen LogP contribution < -0.4 is 0 Å². The molecule has 98 valence electrons. The van der Waals surface area contributed by atoms with Crippen molar-refractivity contribution in [1.29, 1.82) is 0 Å².